The van der Waals surface area contributed by atoms with E-state index in [1.54, 1.807) is 5.32 Å². The molecule has 0 bridgehead atoms. The van der Waals surface area contributed by atoms with Gasteiger partial charge in [0.2, 0.25) is 0 Å². The molecule has 0 aliphatic heterocycles. The van der Waals surface area contributed by atoms with Crippen LogP contribution in [0.15, 0.2) is 47.3 Å². The van der Waals surface area contributed by atoms with Crippen molar-refractivity contribution in [3.8, 4) is 5.75 Å². The lowest BCUT2D eigenvalue weighted by molar-refractivity contribution is 0.0951. The fourth-order valence-electron chi connectivity index (χ4n) is 2.20. The fraction of sp³-hybridized carbons (Fsp3) is 0.391. The number of sulfonamides is 1. The number of methoxy groups -OCH3 is 1. The smallest absolute Gasteiger partial charge is 0.328 e. The molecule has 1 fully saturated rings. The van der Waals surface area contributed by atoms with Crippen LogP contribution in [0.5, 0.6) is 5.75 Å². The monoisotopic (exact) mass is 512 g/mol. The molecule has 3 N–H and O–H groups in total. The van der Waals surface area contributed by atoms with Crippen molar-refractivity contribution in [1.29, 1.82) is 0 Å². The van der Waals surface area contributed by atoms with E-state index in [1.807, 2.05) is 0 Å². The van der Waals surface area contributed by atoms with Crippen molar-refractivity contribution in [2.75, 3.05) is 13.6 Å². The van der Waals surface area contributed by atoms with Crippen LogP contribution in [0.3, 0.4) is 0 Å². The molecule has 3 amide bonds. The van der Waals surface area contributed by atoms with E-state index in [4.69, 9.17) is 42.4 Å². The third-order valence-corrected chi connectivity index (χ3v) is 5.04. The zero-order chi connectivity index (χ0) is 40.8. The van der Waals surface area contributed by atoms with Crippen LogP contribution in [0, 0.1) is 0 Å². The molecule has 178 valence electrons. The minimum Gasteiger partial charge on any atom is -0.496 e. The van der Waals surface area contributed by atoms with Gasteiger partial charge in [0.05, 0.1) is 24.4 Å². The number of benzene rings is 2. The Hall–Kier alpha value is -2.78. The van der Waals surface area contributed by atoms with E-state index < -0.39 is 107 Å². The van der Waals surface area contributed by atoms with E-state index in [1.165, 1.54) is 17.4 Å². The Kier molecular flexibility index (Phi) is 3.39. The second-order valence-electron chi connectivity index (χ2n) is 5.81. The number of nitrogens with one attached hydrogen (secondary N) is 3. The summed E-state index contributed by atoms with van der Waals surface area (Å²) in [6, 6.07) is -9.16. The Balaban J connectivity index is 2.07. The standard InChI is InChI=1S/C23H28ClN3O5S/c1-32-21-12-9-17(24)15-20(21)22(28)25-14-13-16-7-10-19(11-8-16)33(30,31)27-23(29)26-18-5-3-2-4-6-18/h7-12,15,18H,2-6,13-14H2,1H3,(H,25,28)(H2,26,27,29)/i2D2,3D2,4D2,5D2,6D2,7D,8D,10D,11D,13D2,14D2,18D. The highest BCUT2D eigenvalue weighted by Crippen LogP contribution is 2.22. The molecule has 0 atom stereocenters. The SMILES string of the molecule is [2H]c1c([2H])c(S(=O)(=O)NC(=O)NC2([2H])C([2H])([2H])C([2H])([2H])C([2H])([2H])C([2H])([2H])C2([2H])[2H])c([2H])c([2H])c1C([2H])([2H])C([2H])([2H])NC(=O)c1cc(Cl)ccc1OC. The topological polar surface area (TPSA) is 114 Å². The van der Waals surface area contributed by atoms with Crippen LogP contribution in [-0.4, -0.2) is 40.0 Å². The summed E-state index contributed by atoms with van der Waals surface area (Å²) in [4.78, 5) is 24.2. The van der Waals surface area contributed by atoms with Gasteiger partial charge >= 0.3 is 6.03 Å². The minimum atomic E-state index is -5.74. The maximum Gasteiger partial charge on any atom is 0.328 e. The summed E-state index contributed by atoms with van der Waals surface area (Å²) in [6.07, 6.45) is -24.1. The Bertz CT molecular complexity index is 1880. The summed E-state index contributed by atoms with van der Waals surface area (Å²) in [7, 11) is -4.59. The van der Waals surface area contributed by atoms with Crippen molar-refractivity contribution in [2.45, 2.75) is 49.2 Å². The lowest BCUT2D eigenvalue weighted by Crippen LogP contribution is -2.45. The number of amides is 3. The number of hydrogen-bond donors (Lipinski definition) is 3. The molecular formula is C23H28ClN3O5S. The molecule has 3 rings (SSSR count). The molecule has 8 nitrogen and oxygen atoms in total. The van der Waals surface area contributed by atoms with Gasteiger partial charge < -0.3 is 15.4 Å². The number of urea groups is 1. The first-order valence-corrected chi connectivity index (χ1v) is 10.6. The van der Waals surface area contributed by atoms with Crippen LogP contribution in [0.25, 0.3) is 0 Å². The summed E-state index contributed by atoms with van der Waals surface area (Å²) in [5.74, 6) is -1.44. The molecule has 0 heterocycles. The van der Waals surface area contributed by atoms with Gasteiger partial charge in [-0.25, -0.2) is 17.9 Å². The van der Waals surface area contributed by atoms with Crippen molar-refractivity contribution in [1.82, 2.24) is 15.4 Å². The van der Waals surface area contributed by atoms with Gasteiger partial charge in [-0.05, 0) is 55.0 Å². The highest BCUT2D eigenvalue weighted by atomic mass is 35.5. The van der Waals surface area contributed by atoms with Gasteiger partial charge in [-0.15, -0.1) is 0 Å². The van der Waals surface area contributed by atoms with E-state index in [0.29, 0.717) is 0 Å². The maximum absolute atomic E-state index is 13.3. The summed E-state index contributed by atoms with van der Waals surface area (Å²) in [6.45, 7) is -3.58. The summed E-state index contributed by atoms with van der Waals surface area (Å²) >= 11 is 5.89. The molecule has 0 unspecified atom stereocenters. The summed E-state index contributed by atoms with van der Waals surface area (Å²) < 4.78 is 187. The first kappa shape index (κ1) is 9.84. The molecule has 2 aromatic carbocycles. The van der Waals surface area contributed by atoms with Gasteiger partial charge in [0.25, 0.3) is 15.9 Å². The molecule has 0 saturated heterocycles. The molecule has 1 saturated carbocycles. The van der Waals surface area contributed by atoms with E-state index in [2.05, 4.69) is 0 Å². The van der Waals surface area contributed by atoms with Crippen LogP contribution in [0.4, 0.5) is 4.79 Å². The molecular weight excluding hydrogens is 466 g/mol. The van der Waals surface area contributed by atoms with Gasteiger partial charge in [0.15, 0.2) is 0 Å². The lowest BCUT2D eigenvalue weighted by atomic mass is 9.96. The zero-order valence-corrected chi connectivity index (χ0v) is 18.1. The molecule has 1 aliphatic rings. The number of carbonyl (C=O) groups is 2. The quantitative estimate of drug-likeness (QED) is 0.499. The van der Waals surface area contributed by atoms with E-state index in [0.717, 1.165) is 17.9 Å². The Morgan fingerprint density at radius 3 is 2.61 bits per heavy atom. The first-order valence-electron chi connectivity index (χ1n) is 18.2. The van der Waals surface area contributed by atoms with Crippen molar-refractivity contribution < 1.29 is 48.8 Å². The first-order chi connectivity index (χ1) is 23.1. The Morgan fingerprint density at radius 2 is 1.94 bits per heavy atom. The molecule has 2 aromatic rings. The highest BCUT2D eigenvalue weighted by Gasteiger charge is 2.21. The van der Waals surface area contributed by atoms with Crippen LogP contribution in [-0.2, 0) is 16.4 Å². The fourth-order valence-corrected chi connectivity index (χ4v) is 3.14. The van der Waals surface area contributed by atoms with Crippen LogP contribution in [0.2, 0.25) is 5.02 Å². The second-order valence-corrected chi connectivity index (χ2v) is 7.87. The third-order valence-electron chi connectivity index (χ3n) is 3.61. The second kappa shape index (κ2) is 11.4. The molecule has 10 heteroatoms. The van der Waals surface area contributed by atoms with E-state index in [-0.39, 0.29) is 16.3 Å². The average Bonchev–Trinajstić information content (AvgIpc) is 2.98. The van der Waals surface area contributed by atoms with E-state index in [9.17, 15) is 18.0 Å². The predicted molar refractivity (Wildman–Crippen MR) is 126 cm³/mol. The van der Waals surface area contributed by atoms with Crippen molar-refractivity contribution in [3.63, 3.8) is 0 Å². The van der Waals surface area contributed by atoms with Crippen LogP contribution in [0.1, 0.15) is 73.8 Å². The Morgan fingerprint density at radius 1 is 1.24 bits per heavy atom. The molecule has 0 aromatic heterocycles. The minimum absolute atomic E-state index is 0.00761. The average molecular weight is 513 g/mol. The molecule has 1 aliphatic carbocycles. The van der Waals surface area contributed by atoms with Crippen molar-refractivity contribution in [2.24, 2.45) is 0 Å². The number of hydrogen-bond acceptors (Lipinski definition) is 5. The molecule has 33 heavy (non-hydrogen) atoms. The Labute approximate surface area is 225 Å². The zero-order valence-electron chi connectivity index (χ0n) is 35.6. The molecule has 0 spiro atoms. The van der Waals surface area contributed by atoms with E-state index >= 15 is 0 Å². The molecule has 0 radical (unpaired) electrons. The number of rotatable bonds is 8. The van der Waals surface area contributed by atoms with Crippen LogP contribution >= 0.6 is 11.6 Å². The summed E-state index contributed by atoms with van der Waals surface area (Å²) in [5.41, 5.74) is -1.79. The highest BCUT2D eigenvalue weighted by molar-refractivity contribution is 7.90. The normalized spacial score (nSPS) is 32.2. The van der Waals surface area contributed by atoms with Gasteiger partial charge in [0.1, 0.15) is 5.75 Å². The number of carbonyl (C=O) groups excluding carboxylic acids is 2. The van der Waals surface area contributed by atoms with Gasteiger partial charge in [-0.1, -0.05) is 42.8 Å². The lowest BCUT2D eigenvalue weighted by Gasteiger charge is -2.22. The van der Waals surface area contributed by atoms with Crippen LogP contribution < -0.4 is 20.1 Å². The van der Waals surface area contributed by atoms with Gasteiger partial charge in [0, 0.05) is 36.7 Å². The van der Waals surface area contributed by atoms with Crippen molar-refractivity contribution >= 4 is 33.6 Å². The predicted octanol–water partition coefficient (Wildman–Crippen LogP) is 3.64. The largest absolute Gasteiger partial charge is 0.496 e. The van der Waals surface area contributed by atoms with Crippen molar-refractivity contribution in [3.05, 3.63) is 58.5 Å². The summed E-state index contributed by atoms with van der Waals surface area (Å²) in [5, 5.41) is 2.87. The number of halogens is 1. The number of ether oxygens (including phenoxy) is 1. The third kappa shape index (κ3) is 7.10. The van der Waals surface area contributed by atoms with Gasteiger partial charge in [-0.3, -0.25) is 4.79 Å². The van der Waals surface area contributed by atoms with Gasteiger partial charge in [-0.2, -0.15) is 0 Å². The maximum atomic E-state index is 13.3.